The van der Waals surface area contributed by atoms with Crippen LogP contribution in [0.4, 0.5) is 0 Å². The molecular formula is C33H40N8O6. The van der Waals surface area contributed by atoms with Gasteiger partial charge in [0.25, 0.3) is 5.91 Å². The number of amides is 5. The number of hydrogen-bond acceptors (Lipinski definition) is 8. The van der Waals surface area contributed by atoms with Crippen molar-refractivity contribution in [3.05, 3.63) is 72.3 Å². The second-order valence-electron chi connectivity index (χ2n) is 12.1. The van der Waals surface area contributed by atoms with Gasteiger partial charge in [0, 0.05) is 19.5 Å². The van der Waals surface area contributed by atoms with E-state index in [1.54, 1.807) is 35.3 Å². The highest BCUT2D eigenvalue weighted by atomic mass is 16.5. The van der Waals surface area contributed by atoms with Crippen molar-refractivity contribution in [2.24, 2.45) is 5.92 Å². The Kier molecular flexibility index (Phi) is 10.5. The van der Waals surface area contributed by atoms with Crippen LogP contribution in [0, 0.1) is 5.92 Å². The van der Waals surface area contributed by atoms with Crippen LogP contribution in [0.2, 0.25) is 0 Å². The van der Waals surface area contributed by atoms with Crippen LogP contribution in [0.25, 0.3) is 5.69 Å². The fraction of sp³-hybridized carbons (Fsp3) is 0.424. The minimum Gasteiger partial charge on any atom is -0.484 e. The molecule has 0 aliphatic carbocycles. The SMILES string of the molecule is CC(C)[C@@H]1NC(=O)COc2ccc(cc2)C[C@@H](C(=O)NCc2ccc(-n3cncn3)cc2)NC(=O)[C@H](C)NC(=O)[C@H]2CCCN2C1=O. The largest absolute Gasteiger partial charge is 0.484 e. The van der Waals surface area contributed by atoms with Crippen molar-refractivity contribution in [2.45, 2.75) is 70.7 Å². The summed E-state index contributed by atoms with van der Waals surface area (Å²) in [6.07, 6.45) is 4.22. The molecule has 3 aromatic rings. The summed E-state index contributed by atoms with van der Waals surface area (Å²) in [5.41, 5.74) is 2.39. The van der Waals surface area contributed by atoms with Gasteiger partial charge in [0.15, 0.2) is 6.61 Å². The molecular weight excluding hydrogens is 604 g/mol. The number of carbonyl (C=O) groups excluding carboxylic acids is 5. The molecule has 6 rings (SSSR count). The number of benzene rings is 2. The lowest BCUT2D eigenvalue weighted by Crippen LogP contribution is -2.58. The van der Waals surface area contributed by atoms with Gasteiger partial charge in [-0.2, -0.15) is 5.10 Å². The molecule has 1 aromatic heterocycles. The predicted molar refractivity (Wildman–Crippen MR) is 170 cm³/mol. The van der Waals surface area contributed by atoms with Gasteiger partial charge in [0.05, 0.1) is 5.69 Å². The van der Waals surface area contributed by atoms with Crippen LogP contribution in [0.5, 0.6) is 5.75 Å². The molecule has 3 aliphatic heterocycles. The van der Waals surface area contributed by atoms with Gasteiger partial charge >= 0.3 is 0 Å². The van der Waals surface area contributed by atoms with E-state index in [0.717, 1.165) is 16.8 Å². The molecule has 47 heavy (non-hydrogen) atoms. The van der Waals surface area contributed by atoms with E-state index in [1.807, 2.05) is 38.1 Å². The zero-order valence-electron chi connectivity index (χ0n) is 26.6. The van der Waals surface area contributed by atoms with Gasteiger partial charge in [0.1, 0.15) is 42.6 Å². The zero-order valence-corrected chi connectivity index (χ0v) is 26.6. The molecule has 2 bridgehead atoms. The molecule has 0 saturated carbocycles. The number of hydrogen-bond donors (Lipinski definition) is 4. The molecule has 14 nitrogen and oxygen atoms in total. The third-order valence-electron chi connectivity index (χ3n) is 8.29. The maximum atomic E-state index is 13.6. The zero-order chi connectivity index (χ0) is 33.5. The highest BCUT2D eigenvalue weighted by Crippen LogP contribution is 2.21. The lowest BCUT2D eigenvalue weighted by Gasteiger charge is -2.31. The summed E-state index contributed by atoms with van der Waals surface area (Å²) < 4.78 is 7.29. The second-order valence-corrected chi connectivity index (χ2v) is 12.1. The Balaban J connectivity index is 1.33. The molecule has 14 heteroatoms. The monoisotopic (exact) mass is 644 g/mol. The first-order chi connectivity index (χ1) is 22.6. The van der Waals surface area contributed by atoms with Crippen molar-refractivity contribution in [1.29, 1.82) is 0 Å². The van der Waals surface area contributed by atoms with Crippen molar-refractivity contribution in [3.8, 4) is 11.4 Å². The molecule has 1 saturated heterocycles. The Morgan fingerprint density at radius 3 is 2.43 bits per heavy atom. The van der Waals surface area contributed by atoms with E-state index in [1.165, 1.54) is 18.2 Å². The Morgan fingerprint density at radius 1 is 1.00 bits per heavy atom. The highest BCUT2D eigenvalue weighted by molar-refractivity contribution is 5.96. The van der Waals surface area contributed by atoms with Gasteiger partial charge in [-0.25, -0.2) is 9.67 Å². The molecule has 5 amide bonds. The average Bonchev–Trinajstić information content (AvgIpc) is 3.78. The number of ether oxygens (including phenoxy) is 1. The van der Waals surface area contributed by atoms with Gasteiger partial charge in [-0.1, -0.05) is 38.1 Å². The van der Waals surface area contributed by atoms with Crippen LogP contribution in [0.15, 0.2) is 61.2 Å². The molecule has 248 valence electrons. The molecule has 3 aliphatic rings. The van der Waals surface area contributed by atoms with E-state index < -0.39 is 47.8 Å². The summed E-state index contributed by atoms with van der Waals surface area (Å²) in [7, 11) is 0. The lowest BCUT2D eigenvalue weighted by atomic mass is 10.0. The van der Waals surface area contributed by atoms with E-state index >= 15 is 0 Å². The molecule has 0 radical (unpaired) electrons. The normalized spacial score (nSPS) is 22.7. The maximum Gasteiger partial charge on any atom is 0.258 e. The highest BCUT2D eigenvalue weighted by Gasteiger charge is 2.39. The summed E-state index contributed by atoms with van der Waals surface area (Å²) in [5.74, 6) is -2.07. The lowest BCUT2D eigenvalue weighted by molar-refractivity contribution is -0.143. The van der Waals surface area contributed by atoms with Gasteiger partial charge in [-0.05, 0) is 61.1 Å². The number of fused-ring (bicyclic) bond motifs is 13. The Hall–Kier alpha value is -5.27. The minimum absolute atomic E-state index is 0.158. The molecule has 0 unspecified atom stereocenters. The van der Waals surface area contributed by atoms with Crippen LogP contribution in [0.1, 0.15) is 44.7 Å². The van der Waals surface area contributed by atoms with Gasteiger partial charge < -0.3 is 30.9 Å². The predicted octanol–water partition coefficient (Wildman–Crippen LogP) is 0.640. The number of carbonyl (C=O) groups is 5. The van der Waals surface area contributed by atoms with E-state index in [0.29, 0.717) is 25.1 Å². The topological polar surface area (TPSA) is 177 Å². The second kappa shape index (κ2) is 14.9. The maximum absolute atomic E-state index is 13.6. The summed E-state index contributed by atoms with van der Waals surface area (Å²) >= 11 is 0. The van der Waals surface area contributed by atoms with E-state index in [2.05, 4.69) is 31.3 Å². The van der Waals surface area contributed by atoms with E-state index in [4.69, 9.17) is 4.74 Å². The van der Waals surface area contributed by atoms with Crippen LogP contribution in [0.3, 0.4) is 0 Å². The molecule has 4 N–H and O–H groups in total. The summed E-state index contributed by atoms with van der Waals surface area (Å²) in [6, 6.07) is 10.7. The number of aromatic nitrogens is 3. The first kappa shape index (κ1) is 33.1. The van der Waals surface area contributed by atoms with Gasteiger partial charge in [-0.3, -0.25) is 24.0 Å². The van der Waals surface area contributed by atoms with Gasteiger partial charge in [-0.15, -0.1) is 0 Å². The van der Waals surface area contributed by atoms with Crippen molar-refractivity contribution in [3.63, 3.8) is 0 Å². The first-order valence-electron chi connectivity index (χ1n) is 15.7. The van der Waals surface area contributed by atoms with E-state index in [-0.39, 0.29) is 31.4 Å². The Morgan fingerprint density at radius 2 is 1.74 bits per heavy atom. The Bertz CT molecular complexity index is 1580. The van der Waals surface area contributed by atoms with Crippen molar-refractivity contribution < 1.29 is 28.7 Å². The van der Waals surface area contributed by atoms with Crippen molar-refractivity contribution >= 4 is 29.5 Å². The summed E-state index contributed by atoms with van der Waals surface area (Å²) in [6.45, 7) is 5.43. The van der Waals surface area contributed by atoms with Crippen LogP contribution < -0.4 is 26.0 Å². The Labute approximate surface area is 272 Å². The summed E-state index contributed by atoms with van der Waals surface area (Å²) in [4.78, 5) is 71.9. The quantitative estimate of drug-likeness (QED) is 0.313. The number of nitrogens with zero attached hydrogens (tertiary/aromatic N) is 4. The number of rotatable bonds is 5. The average molecular weight is 645 g/mol. The third-order valence-corrected chi connectivity index (χ3v) is 8.29. The molecule has 4 heterocycles. The minimum atomic E-state index is -0.988. The fourth-order valence-electron chi connectivity index (χ4n) is 5.62. The smallest absolute Gasteiger partial charge is 0.258 e. The molecule has 1 fully saturated rings. The third kappa shape index (κ3) is 8.31. The van der Waals surface area contributed by atoms with Crippen molar-refractivity contribution in [2.75, 3.05) is 13.2 Å². The number of nitrogens with one attached hydrogen (secondary N) is 4. The van der Waals surface area contributed by atoms with Crippen LogP contribution in [-0.2, 0) is 36.9 Å². The van der Waals surface area contributed by atoms with E-state index in [9.17, 15) is 24.0 Å². The molecule has 0 spiro atoms. The van der Waals surface area contributed by atoms with Crippen LogP contribution >= 0.6 is 0 Å². The van der Waals surface area contributed by atoms with Crippen molar-refractivity contribution in [1.82, 2.24) is 40.9 Å². The first-order valence-corrected chi connectivity index (χ1v) is 15.7. The standard InChI is InChI=1S/C33H40N8O6/c1-20(2)29-33(46)40-14-4-5-27(40)32(45)37-21(3)30(43)38-26(15-22-8-12-25(13-9-22)47-17-28(42)39-29)31(44)35-16-23-6-10-24(11-7-23)41-19-34-18-36-41/h6-13,18-21,26-27,29H,4-5,14-17H2,1-3H3,(H,35,44)(H,37,45)(H,38,43)(H,39,42)/t21-,26-,27+,29-/m0/s1. The fourth-order valence-corrected chi connectivity index (χ4v) is 5.62. The summed E-state index contributed by atoms with van der Waals surface area (Å²) in [5, 5.41) is 15.3. The van der Waals surface area contributed by atoms with Crippen LogP contribution in [-0.4, -0.2) is 86.5 Å². The van der Waals surface area contributed by atoms with Gasteiger partial charge in [0.2, 0.25) is 23.6 Å². The molecule has 2 aromatic carbocycles. The molecule has 4 atom stereocenters.